The topological polar surface area (TPSA) is 80.9 Å². The van der Waals surface area contributed by atoms with E-state index in [0.29, 0.717) is 17.3 Å². The van der Waals surface area contributed by atoms with E-state index in [0.717, 1.165) is 6.42 Å². The Morgan fingerprint density at radius 3 is 2.88 bits per heavy atom. The molecule has 0 fully saturated rings. The summed E-state index contributed by atoms with van der Waals surface area (Å²) in [6.45, 7) is 3.74. The average molecular weight is 243 g/mol. The molecular weight excluding hydrogens is 228 g/mol. The summed E-state index contributed by atoms with van der Waals surface area (Å²) in [4.78, 5) is 19.5. The molecule has 1 aromatic heterocycles. The monoisotopic (exact) mass is 242 g/mol. The molecule has 1 rings (SSSR count). The highest BCUT2D eigenvalue weighted by Gasteiger charge is 2.13. The van der Waals surface area contributed by atoms with Crippen LogP contribution in [0.2, 0.25) is 5.15 Å². The number of nitrogens with zero attached hydrogens (tertiary/aromatic N) is 2. The first-order chi connectivity index (χ1) is 7.52. The van der Waals surface area contributed by atoms with Gasteiger partial charge in [-0.05, 0) is 19.4 Å². The first-order valence-electron chi connectivity index (χ1n) is 5.10. The fourth-order valence-corrected chi connectivity index (χ4v) is 1.47. The Labute approximate surface area is 99.4 Å². The van der Waals surface area contributed by atoms with Crippen molar-refractivity contribution in [1.82, 2.24) is 9.97 Å². The standard InChI is InChI=1S/C10H15ClN4O/c1-3-4-7(12)9(16)15-10-13-6(2)5-8(11)14-10/h5,7H,3-4,12H2,1-2H3,(H,13,14,15,16). The molecule has 5 nitrogen and oxygen atoms in total. The molecule has 0 bridgehead atoms. The van der Waals surface area contributed by atoms with Crippen LogP contribution in [0, 0.1) is 6.92 Å². The molecule has 16 heavy (non-hydrogen) atoms. The average Bonchev–Trinajstić information content (AvgIpc) is 2.16. The number of nitrogens with two attached hydrogens (primary N) is 1. The summed E-state index contributed by atoms with van der Waals surface area (Å²) in [7, 11) is 0. The number of rotatable bonds is 4. The molecule has 0 aliphatic rings. The fourth-order valence-electron chi connectivity index (χ4n) is 1.23. The van der Waals surface area contributed by atoms with E-state index in [2.05, 4.69) is 15.3 Å². The molecule has 1 heterocycles. The van der Waals surface area contributed by atoms with Crippen molar-refractivity contribution in [1.29, 1.82) is 0 Å². The number of hydrogen-bond acceptors (Lipinski definition) is 4. The smallest absolute Gasteiger partial charge is 0.243 e. The number of hydrogen-bond donors (Lipinski definition) is 2. The van der Waals surface area contributed by atoms with Gasteiger partial charge in [-0.1, -0.05) is 24.9 Å². The molecule has 3 N–H and O–H groups in total. The summed E-state index contributed by atoms with van der Waals surface area (Å²) >= 11 is 5.74. The SMILES string of the molecule is CCCC(N)C(=O)Nc1nc(C)cc(Cl)n1. The Morgan fingerprint density at radius 2 is 2.31 bits per heavy atom. The van der Waals surface area contributed by atoms with Gasteiger partial charge in [-0.25, -0.2) is 9.97 Å². The van der Waals surface area contributed by atoms with Crippen molar-refractivity contribution in [2.45, 2.75) is 32.7 Å². The van der Waals surface area contributed by atoms with E-state index in [1.807, 2.05) is 6.92 Å². The molecule has 1 atom stereocenters. The summed E-state index contributed by atoms with van der Waals surface area (Å²) in [6.07, 6.45) is 1.48. The Balaban J connectivity index is 2.69. The van der Waals surface area contributed by atoms with Gasteiger partial charge in [0, 0.05) is 5.69 Å². The normalized spacial score (nSPS) is 12.2. The van der Waals surface area contributed by atoms with Gasteiger partial charge in [0.15, 0.2) is 0 Å². The lowest BCUT2D eigenvalue weighted by molar-refractivity contribution is -0.117. The zero-order chi connectivity index (χ0) is 12.1. The molecule has 0 radical (unpaired) electrons. The van der Waals surface area contributed by atoms with Crippen molar-refractivity contribution in [2.75, 3.05) is 5.32 Å². The number of halogens is 1. The molecule has 0 saturated heterocycles. The summed E-state index contributed by atoms with van der Waals surface area (Å²) < 4.78 is 0. The maximum absolute atomic E-state index is 11.6. The molecule has 0 saturated carbocycles. The summed E-state index contributed by atoms with van der Waals surface area (Å²) in [5, 5.41) is 2.84. The molecule has 0 aliphatic heterocycles. The minimum atomic E-state index is -0.534. The maximum Gasteiger partial charge on any atom is 0.243 e. The zero-order valence-corrected chi connectivity index (χ0v) is 10.1. The van der Waals surface area contributed by atoms with Crippen molar-refractivity contribution >= 4 is 23.5 Å². The van der Waals surface area contributed by atoms with Crippen LogP contribution in [0.4, 0.5) is 5.95 Å². The maximum atomic E-state index is 11.6. The van der Waals surface area contributed by atoms with Gasteiger partial charge < -0.3 is 5.73 Å². The first kappa shape index (κ1) is 12.9. The van der Waals surface area contributed by atoms with Crippen LogP contribution in [0.25, 0.3) is 0 Å². The van der Waals surface area contributed by atoms with Crippen molar-refractivity contribution in [3.63, 3.8) is 0 Å². The van der Waals surface area contributed by atoms with Crippen molar-refractivity contribution < 1.29 is 4.79 Å². The lowest BCUT2D eigenvalue weighted by Crippen LogP contribution is -2.35. The van der Waals surface area contributed by atoms with Gasteiger partial charge in [-0.3, -0.25) is 10.1 Å². The van der Waals surface area contributed by atoms with Crippen molar-refractivity contribution in [2.24, 2.45) is 5.73 Å². The number of nitrogens with one attached hydrogen (secondary N) is 1. The molecular formula is C10H15ClN4O. The van der Waals surface area contributed by atoms with Crippen LogP contribution in [-0.4, -0.2) is 21.9 Å². The van der Waals surface area contributed by atoms with Crippen LogP contribution in [0.3, 0.4) is 0 Å². The lowest BCUT2D eigenvalue weighted by atomic mass is 10.2. The van der Waals surface area contributed by atoms with Gasteiger partial charge >= 0.3 is 0 Å². The lowest BCUT2D eigenvalue weighted by Gasteiger charge is -2.10. The molecule has 1 unspecified atom stereocenters. The number of aryl methyl sites for hydroxylation is 1. The Morgan fingerprint density at radius 1 is 1.62 bits per heavy atom. The zero-order valence-electron chi connectivity index (χ0n) is 9.33. The Bertz CT molecular complexity index is 363. The van der Waals surface area contributed by atoms with Crippen LogP contribution in [0.5, 0.6) is 0 Å². The Hall–Kier alpha value is -1.20. The molecule has 1 amide bonds. The van der Waals surface area contributed by atoms with E-state index in [1.165, 1.54) is 0 Å². The van der Waals surface area contributed by atoms with Gasteiger partial charge in [0.25, 0.3) is 0 Å². The third-order valence-electron chi connectivity index (χ3n) is 1.99. The predicted molar refractivity (Wildman–Crippen MR) is 63.3 cm³/mol. The van der Waals surface area contributed by atoms with Gasteiger partial charge in [-0.2, -0.15) is 0 Å². The second kappa shape index (κ2) is 5.77. The number of amides is 1. The van der Waals surface area contributed by atoms with E-state index in [4.69, 9.17) is 17.3 Å². The second-order valence-electron chi connectivity index (χ2n) is 3.54. The highest BCUT2D eigenvalue weighted by molar-refractivity contribution is 6.29. The molecule has 0 spiro atoms. The van der Waals surface area contributed by atoms with Crippen LogP contribution in [0.15, 0.2) is 6.07 Å². The second-order valence-corrected chi connectivity index (χ2v) is 3.93. The molecule has 1 aromatic rings. The quantitative estimate of drug-likeness (QED) is 0.784. The van der Waals surface area contributed by atoms with E-state index >= 15 is 0 Å². The van der Waals surface area contributed by atoms with E-state index in [-0.39, 0.29) is 11.9 Å². The number of carbonyl (C=O) groups is 1. The fraction of sp³-hybridized carbons (Fsp3) is 0.500. The molecule has 88 valence electrons. The molecule has 0 aromatic carbocycles. The molecule has 6 heteroatoms. The largest absolute Gasteiger partial charge is 0.320 e. The highest BCUT2D eigenvalue weighted by Crippen LogP contribution is 2.09. The van der Waals surface area contributed by atoms with Crippen LogP contribution in [0.1, 0.15) is 25.5 Å². The van der Waals surface area contributed by atoms with Gasteiger partial charge in [0.2, 0.25) is 11.9 Å². The first-order valence-corrected chi connectivity index (χ1v) is 5.48. The number of anilines is 1. The van der Waals surface area contributed by atoms with E-state index in [9.17, 15) is 4.79 Å². The van der Waals surface area contributed by atoms with Gasteiger partial charge in [0.05, 0.1) is 6.04 Å². The van der Waals surface area contributed by atoms with E-state index < -0.39 is 6.04 Å². The summed E-state index contributed by atoms with van der Waals surface area (Å²) in [5.74, 6) is -0.0925. The highest BCUT2D eigenvalue weighted by atomic mass is 35.5. The number of carbonyl (C=O) groups excluding carboxylic acids is 1. The minimum absolute atomic E-state index is 0.196. The van der Waals surface area contributed by atoms with Crippen molar-refractivity contribution in [3.05, 3.63) is 16.9 Å². The Kier molecular flexibility index (Phi) is 4.64. The van der Waals surface area contributed by atoms with Crippen LogP contribution >= 0.6 is 11.6 Å². The van der Waals surface area contributed by atoms with E-state index in [1.54, 1.807) is 13.0 Å². The third-order valence-corrected chi connectivity index (χ3v) is 2.19. The van der Waals surface area contributed by atoms with Crippen molar-refractivity contribution in [3.8, 4) is 0 Å². The summed E-state index contributed by atoms with van der Waals surface area (Å²) in [5.41, 5.74) is 6.34. The predicted octanol–water partition coefficient (Wildman–Crippen LogP) is 1.50. The van der Waals surface area contributed by atoms with Gasteiger partial charge in [0.1, 0.15) is 5.15 Å². The third kappa shape index (κ3) is 3.75. The van der Waals surface area contributed by atoms with Gasteiger partial charge in [-0.15, -0.1) is 0 Å². The minimum Gasteiger partial charge on any atom is -0.320 e. The van der Waals surface area contributed by atoms with Crippen LogP contribution < -0.4 is 11.1 Å². The van der Waals surface area contributed by atoms with Crippen LogP contribution in [-0.2, 0) is 4.79 Å². The number of aromatic nitrogens is 2. The molecule has 0 aliphatic carbocycles. The summed E-state index contributed by atoms with van der Waals surface area (Å²) in [6, 6.07) is 1.08.